The summed E-state index contributed by atoms with van der Waals surface area (Å²) in [6.45, 7) is 31.2. The van der Waals surface area contributed by atoms with Crippen LogP contribution in [0.1, 0.15) is 148 Å². The Morgan fingerprint density at radius 2 is 0.657 bits per heavy atom. The minimum absolute atomic E-state index is 0.146. The largest absolute Gasteiger partial charge is 0.311 e. The number of fused-ring (bicyclic) bond motifs is 10. The van der Waals surface area contributed by atoms with Crippen molar-refractivity contribution in [1.82, 2.24) is 9.13 Å². The molecule has 108 heavy (non-hydrogen) atoms. The molecule has 2 aromatic heterocycles. The molecule has 0 unspecified atom stereocenters. The molecule has 0 spiro atoms. The second kappa shape index (κ2) is 26.5. The van der Waals surface area contributed by atoms with Crippen molar-refractivity contribution in [2.75, 3.05) is 9.80 Å². The SMILES string of the molecule is [2H]c1c([2H])c([2H])c2c(c1[2H])c1cc(C([2H])([2H])C(C)(C)C)ccc1n2-c1ccc2c(c1)N(c1cc(-c3ccccc3)c(CC(C)(C)C)cc1-c1ccccc1)c1cc(CC(C)(C)C)cc3c1B2c1ccc(-n2c4ccc(C([2H])([2H])C(C)(C)C)cc4c4c([2H])c([2H])c([2H])c([2H])c42)cc1N3c1cc(-c2ccccc2)c(CC(C)(C)C)cc1-c1ccccc1. The first-order chi connectivity index (χ1) is 56.5. The zero-order chi connectivity index (χ0) is 85.5. The number of para-hydroxylation sites is 2. The summed E-state index contributed by atoms with van der Waals surface area (Å²) in [6.07, 6.45) is -1.58. The van der Waals surface area contributed by atoms with E-state index in [0.29, 0.717) is 50.7 Å². The van der Waals surface area contributed by atoms with Gasteiger partial charge in [-0.2, -0.15) is 0 Å². The average Bonchev–Trinajstić information content (AvgIpc) is 0.954. The van der Waals surface area contributed by atoms with Gasteiger partial charge >= 0.3 is 0 Å². The highest BCUT2D eigenvalue weighted by molar-refractivity contribution is 7.00. The lowest BCUT2D eigenvalue weighted by Crippen LogP contribution is -2.61. The summed E-state index contributed by atoms with van der Waals surface area (Å²) >= 11 is 0. The third kappa shape index (κ3) is 13.3. The van der Waals surface area contributed by atoms with Crippen molar-refractivity contribution in [1.29, 1.82) is 0 Å². The molecule has 0 bridgehead atoms. The molecule has 0 radical (unpaired) electrons. The Morgan fingerprint density at radius 1 is 0.296 bits per heavy atom. The van der Waals surface area contributed by atoms with Crippen LogP contribution in [0.2, 0.25) is 0 Å². The van der Waals surface area contributed by atoms with Gasteiger partial charge in [0.05, 0.1) is 44.4 Å². The molecule has 0 N–H and O–H groups in total. The summed E-state index contributed by atoms with van der Waals surface area (Å²) < 4.78 is 120. The van der Waals surface area contributed by atoms with Gasteiger partial charge in [-0.25, -0.2) is 0 Å². The molecule has 0 fully saturated rings. The maximum atomic E-state index is 10.0. The van der Waals surface area contributed by atoms with Crippen molar-refractivity contribution in [3.05, 3.63) is 307 Å². The standard InChI is InChI=1S/C103H101BN4/c1-99(2,3)62-67-44-50-90-84(52-67)78-40-28-30-42-88(78)105(90)76-46-48-86-94(58-76)107(92-60-80(70-32-20-16-21-33-70)74(65-102(10,11)12)56-82(92)72-36-24-18-25-37-72)96-54-69(64-101(7,8)9)55-97-98(96)104(86)87-49-47-77(106-89-43-31-29-41-79(89)85-53-68(45-51-91(85)106)63-100(4,5)6)59-95(87)108(97)93-61-81(71-34-22-17-23-35-71)75(66-103(13,14)15)57-83(93)73-38-26-19-27-39-73/h16-61H,62-66H2,1-15H3/i28D,29D,30D,31D,40D,41D,42D,43D,62D2,63D2. The van der Waals surface area contributed by atoms with Crippen LogP contribution in [-0.2, 0) is 32.0 Å². The molecule has 0 aliphatic carbocycles. The van der Waals surface area contributed by atoms with Gasteiger partial charge in [0.2, 0.25) is 0 Å². The summed E-state index contributed by atoms with van der Waals surface area (Å²) in [5.41, 5.74) is 21.1. The Labute approximate surface area is 658 Å². The van der Waals surface area contributed by atoms with Crippen LogP contribution in [0.5, 0.6) is 0 Å². The molecule has 536 valence electrons. The van der Waals surface area contributed by atoms with E-state index in [9.17, 15) is 16.4 Å². The Hall–Kier alpha value is -10.9. The van der Waals surface area contributed by atoms with Gasteiger partial charge in [0, 0.05) is 72.3 Å². The van der Waals surface area contributed by atoms with Crippen molar-refractivity contribution in [3.8, 4) is 55.9 Å². The normalized spacial score (nSPS) is 15.1. The summed E-state index contributed by atoms with van der Waals surface area (Å²) in [5, 5.41) is 1.55. The number of rotatable bonds is 13. The van der Waals surface area contributed by atoms with E-state index in [1.807, 2.05) is 62.8 Å². The molecule has 0 saturated heterocycles. The van der Waals surface area contributed by atoms with Gasteiger partial charge in [-0.1, -0.05) is 286 Å². The van der Waals surface area contributed by atoms with Crippen LogP contribution in [0.4, 0.5) is 34.1 Å². The average molecular weight is 1420 g/mol. The second-order valence-corrected chi connectivity index (χ2v) is 35.7. The van der Waals surface area contributed by atoms with Gasteiger partial charge < -0.3 is 18.9 Å². The molecule has 15 aromatic rings. The van der Waals surface area contributed by atoms with Crippen molar-refractivity contribution >= 4 is 101 Å². The Balaban J connectivity index is 1.07. The van der Waals surface area contributed by atoms with Gasteiger partial charge in [0.25, 0.3) is 6.71 Å². The summed E-state index contributed by atoms with van der Waals surface area (Å²) in [6, 6.07) is 78.5. The van der Waals surface area contributed by atoms with Crippen LogP contribution < -0.4 is 26.2 Å². The summed E-state index contributed by atoms with van der Waals surface area (Å²) in [4.78, 5) is 4.96. The predicted molar refractivity (Wildman–Crippen MR) is 467 cm³/mol. The van der Waals surface area contributed by atoms with E-state index in [1.165, 1.54) is 11.1 Å². The first-order valence-corrected chi connectivity index (χ1v) is 38.2. The number of benzene rings is 13. The van der Waals surface area contributed by atoms with Crippen molar-refractivity contribution < 1.29 is 16.4 Å². The highest BCUT2D eigenvalue weighted by Crippen LogP contribution is 2.53. The topological polar surface area (TPSA) is 16.3 Å². The number of nitrogens with zero attached hydrogens (tertiary/aromatic N) is 4. The molecule has 4 heterocycles. The van der Waals surface area contributed by atoms with E-state index in [2.05, 4.69) is 266 Å². The minimum Gasteiger partial charge on any atom is -0.311 e. The number of aromatic nitrogens is 2. The van der Waals surface area contributed by atoms with Gasteiger partial charge in [0.1, 0.15) is 0 Å². The Bertz CT molecular complexity index is 6300. The third-order valence-corrected chi connectivity index (χ3v) is 20.9. The van der Waals surface area contributed by atoms with E-state index in [0.717, 1.165) is 113 Å². The van der Waals surface area contributed by atoms with E-state index in [4.69, 9.17) is 0 Å². The van der Waals surface area contributed by atoms with Crippen molar-refractivity contribution in [3.63, 3.8) is 0 Å². The monoisotopic (exact) mass is 1420 g/mol. The fraction of sp³-hybridized carbons (Fsp3) is 0.243. The molecule has 17 rings (SSSR count). The fourth-order valence-corrected chi connectivity index (χ4v) is 17.1. The van der Waals surface area contributed by atoms with E-state index < -0.39 is 42.4 Å². The Morgan fingerprint density at radius 3 is 1.02 bits per heavy atom. The highest BCUT2D eigenvalue weighted by atomic mass is 15.2. The van der Waals surface area contributed by atoms with Gasteiger partial charge in [-0.05, 0) is 234 Å². The number of hydrogen-bond acceptors (Lipinski definition) is 2. The van der Waals surface area contributed by atoms with E-state index in [-0.39, 0.29) is 74.3 Å². The van der Waals surface area contributed by atoms with Crippen molar-refractivity contribution in [2.24, 2.45) is 27.1 Å². The lowest BCUT2D eigenvalue weighted by atomic mass is 9.33. The molecule has 5 heteroatoms. The lowest BCUT2D eigenvalue weighted by Gasteiger charge is -2.46. The van der Waals surface area contributed by atoms with E-state index in [1.54, 1.807) is 24.3 Å². The molecule has 2 aliphatic rings. The Kier molecular flexibility index (Phi) is 14.1. The summed E-state index contributed by atoms with van der Waals surface area (Å²) in [7, 11) is 0. The first-order valence-electron chi connectivity index (χ1n) is 44.2. The molecule has 0 atom stereocenters. The predicted octanol–water partition coefficient (Wildman–Crippen LogP) is 26.6. The number of anilines is 6. The lowest BCUT2D eigenvalue weighted by molar-refractivity contribution is 0.411. The van der Waals surface area contributed by atoms with Crippen LogP contribution in [0.3, 0.4) is 0 Å². The highest BCUT2D eigenvalue weighted by Gasteiger charge is 2.46. The zero-order valence-corrected chi connectivity index (χ0v) is 64.9. The van der Waals surface area contributed by atoms with Crippen LogP contribution in [0.25, 0.3) is 99.5 Å². The fourth-order valence-electron chi connectivity index (χ4n) is 17.1. The van der Waals surface area contributed by atoms with Crippen LogP contribution in [0, 0.1) is 27.1 Å². The second-order valence-electron chi connectivity index (χ2n) is 35.7. The molecule has 2 aliphatic heterocycles. The van der Waals surface area contributed by atoms with Crippen LogP contribution in [-0.4, -0.2) is 15.8 Å². The third-order valence-electron chi connectivity index (χ3n) is 20.9. The zero-order valence-electron chi connectivity index (χ0n) is 76.9. The van der Waals surface area contributed by atoms with Gasteiger partial charge in [0.15, 0.2) is 0 Å². The van der Waals surface area contributed by atoms with Crippen molar-refractivity contribution in [2.45, 2.75) is 136 Å². The molecule has 4 nitrogen and oxygen atoms in total. The molecule has 0 amide bonds. The smallest absolute Gasteiger partial charge is 0.252 e. The molecule has 13 aromatic carbocycles. The van der Waals surface area contributed by atoms with E-state index >= 15 is 0 Å². The van der Waals surface area contributed by atoms with Crippen LogP contribution in [0.15, 0.2) is 279 Å². The molecular weight excluding hydrogens is 1300 g/mol. The maximum Gasteiger partial charge on any atom is 0.252 e. The minimum atomic E-state index is -1.86. The molecular formula is C103H101BN4. The van der Waals surface area contributed by atoms with Gasteiger partial charge in [-0.3, -0.25) is 0 Å². The quantitative estimate of drug-likeness (QED) is 0.107. The van der Waals surface area contributed by atoms with Gasteiger partial charge in [-0.15, -0.1) is 0 Å². The number of hydrogen-bond donors (Lipinski definition) is 0. The maximum absolute atomic E-state index is 10.0. The summed E-state index contributed by atoms with van der Waals surface area (Å²) in [5.74, 6) is 0. The van der Waals surface area contributed by atoms with Crippen LogP contribution >= 0.6 is 0 Å². The molecule has 0 saturated carbocycles. The first kappa shape index (κ1) is 57.3.